The third-order valence-corrected chi connectivity index (χ3v) is 4.60. The first-order chi connectivity index (χ1) is 14.8. The molecule has 0 heterocycles. The van der Waals surface area contributed by atoms with Crippen molar-refractivity contribution in [3.8, 4) is 11.5 Å². The van der Waals surface area contributed by atoms with Gasteiger partial charge in [0.1, 0.15) is 6.61 Å². The van der Waals surface area contributed by atoms with Crippen LogP contribution in [0.4, 0.5) is 30.7 Å². The van der Waals surface area contributed by atoms with Gasteiger partial charge in [0.15, 0.2) is 11.5 Å². The van der Waals surface area contributed by atoms with E-state index in [2.05, 4.69) is 21.0 Å². The smallest absolute Gasteiger partial charge is 0.462 e. The molecule has 13 heteroatoms. The maximum atomic E-state index is 13.3. The van der Waals surface area contributed by atoms with Gasteiger partial charge >= 0.3 is 18.1 Å². The molecule has 0 aliphatic carbocycles. The molecule has 0 atom stereocenters. The van der Waals surface area contributed by atoms with Crippen LogP contribution >= 0.6 is 27.5 Å². The zero-order valence-electron chi connectivity index (χ0n) is 16.1. The molecule has 0 saturated carbocycles. The Balaban J connectivity index is 2.21. The lowest BCUT2D eigenvalue weighted by molar-refractivity contribution is -0.361. The molecule has 0 bridgehead atoms. The SMILES string of the molecule is CCOc1cc(/C=N\NC(F)(F)C(F)(F)C(F)(F)F)cc(Br)c1OCc1cccc(Cl)c1. The monoisotopic (exact) mass is 550 g/mol. The van der Waals surface area contributed by atoms with Gasteiger partial charge in [0.2, 0.25) is 0 Å². The number of alkyl halides is 7. The maximum absolute atomic E-state index is 13.3. The predicted octanol–water partition coefficient (Wildman–Crippen LogP) is 6.79. The Morgan fingerprint density at radius 3 is 2.34 bits per heavy atom. The van der Waals surface area contributed by atoms with Gasteiger partial charge in [-0.05, 0) is 58.2 Å². The Hall–Kier alpha value is -2.21. The molecule has 32 heavy (non-hydrogen) atoms. The Bertz CT molecular complexity index is 971. The number of nitrogens with zero attached hydrogens (tertiary/aromatic N) is 1. The number of benzene rings is 2. The van der Waals surface area contributed by atoms with Crippen LogP contribution in [0.1, 0.15) is 18.1 Å². The fourth-order valence-corrected chi connectivity index (χ4v) is 3.07. The molecule has 0 aliphatic heterocycles. The van der Waals surface area contributed by atoms with E-state index in [-0.39, 0.29) is 30.3 Å². The first-order valence-electron chi connectivity index (χ1n) is 8.74. The van der Waals surface area contributed by atoms with Crippen molar-refractivity contribution in [2.75, 3.05) is 6.61 Å². The quantitative estimate of drug-likeness (QED) is 0.161. The fourth-order valence-electron chi connectivity index (χ4n) is 2.28. The van der Waals surface area contributed by atoms with E-state index in [9.17, 15) is 30.7 Å². The van der Waals surface area contributed by atoms with Crippen molar-refractivity contribution in [3.05, 3.63) is 57.0 Å². The molecule has 4 nitrogen and oxygen atoms in total. The molecule has 1 N–H and O–H groups in total. The zero-order chi connectivity index (χ0) is 24.2. The molecule has 0 aliphatic rings. The van der Waals surface area contributed by atoms with E-state index in [0.29, 0.717) is 21.1 Å². The number of halogens is 9. The zero-order valence-corrected chi connectivity index (χ0v) is 18.5. The number of ether oxygens (including phenoxy) is 2. The molecule has 0 aromatic heterocycles. The van der Waals surface area contributed by atoms with Gasteiger partial charge in [0.25, 0.3) is 0 Å². The van der Waals surface area contributed by atoms with Gasteiger partial charge in [-0.15, -0.1) is 0 Å². The summed E-state index contributed by atoms with van der Waals surface area (Å²) in [6, 6.07) is 3.80. The van der Waals surface area contributed by atoms with Crippen molar-refractivity contribution in [2.24, 2.45) is 5.10 Å². The summed E-state index contributed by atoms with van der Waals surface area (Å²) in [6.07, 6.45) is -5.83. The van der Waals surface area contributed by atoms with Crippen LogP contribution in [0.15, 0.2) is 46.0 Å². The van der Waals surface area contributed by atoms with E-state index in [4.69, 9.17) is 21.1 Å². The van der Waals surface area contributed by atoms with Gasteiger partial charge in [-0.3, -0.25) is 0 Å². The molecular weight excluding hydrogens is 537 g/mol. The lowest BCUT2D eigenvalue weighted by Gasteiger charge is -2.27. The van der Waals surface area contributed by atoms with Crippen LogP contribution in [-0.2, 0) is 6.61 Å². The minimum atomic E-state index is -6.47. The minimum absolute atomic E-state index is 0.0501. The van der Waals surface area contributed by atoms with Gasteiger partial charge in [0.05, 0.1) is 17.3 Å². The maximum Gasteiger partial charge on any atom is 0.462 e. The average molecular weight is 552 g/mol. The van der Waals surface area contributed by atoms with Gasteiger partial charge in [-0.1, -0.05) is 23.7 Å². The summed E-state index contributed by atoms with van der Waals surface area (Å²) in [5.74, 6) is -5.93. The molecule has 0 spiro atoms. The van der Waals surface area contributed by atoms with Crippen molar-refractivity contribution in [2.45, 2.75) is 31.7 Å². The van der Waals surface area contributed by atoms with Gasteiger partial charge in [0, 0.05) is 5.02 Å². The van der Waals surface area contributed by atoms with Crippen molar-refractivity contribution < 1.29 is 40.2 Å². The second-order valence-corrected chi connectivity index (χ2v) is 7.49. The predicted molar refractivity (Wildman–Crippen MR) is 108 cm³/mol. The Morgan fingerprint density at radius 2 is 1.75 bits per heavy atom. The number of nitrogens with one attached hydrogen (secondary N) is 1. The largest absolute Gasteiger partial charge is 0.490 e. The van der Waals surface area contributed by atoms with Crippen LogP contribution in [0.2, 0.25) is 5.02 Å². The van der Waals surface area contributed by atoms with Crippen LogP contribution in [0.25, 0.3) is 0 Å². The average Bonchev–Trinajstić information content (AvgIpc) is 2.66. The van der Waals surface area contributed by atoms with E-state index in [0.717, 1.165) is 5.56 Å². The summed E-state index contributed by atoms with van der Waals surface area (Å²) in [6.45, 7) is 1.96. The Morgan fingerprint density at radius 1 is 1.06 bits per heavy atom. The number of hydrogen-bond donors (Lipinski definition) is 1. The highest BCUT2D eigenvalue weighted by Crippen LogP contribution is 2.45. The number of hydrogen-bond acceptors (Lipinski definition) is 4. The lowest BCUT2D eigenvalue weighted by Crippen LogP contribution is -2.58. The highest BCUT2D eigenvalue weighted by atomic mass is 79.9. The number of hydrazone groups is 1. The van der Waals surface area contributed by atoms with Crippen LogP contribution in [0.5, 0.6) is 11.5 Å². The summed E-state index contributed by atoms with van der Waals surface area (Å²) >= 11 is 9.14. The third-order valence-electron chi connectivity index (χ3n) is 3.77. The van der Waals surface area contributed by atoms with Gasteiger partial charge < -0.3 is 9.47 Å². The second kappa shape index (κ2) is 10.2. The fraction of sp³-hybridized carbons (Fsp3) is 0.316. The molecule has 0 radical (unpaired) electrons. The second-order valence-electron chi connectivity index (χ2n) is 6.20. The normalized spacial score (nSPS) is 12.8. The molecule has 0 saturated heterocycles. The number of rotatable bonds is 9. The van der Waals surface area contributed by atoms with E-state index >= 15 is 0 Å². The van der Waals surface area contributed by atoms with Gasteiger partial charge in [-0.2, -0.15) is 35.8 Å². The first kappa shape index (κ1) is 26.0. The Labute approximate surface area is 191 Å². The lowest BCUT2D eigenvalue weighted by atomic mass is 10.2. The summed E-state index contributed by atoms with van der Waals surface area (Å²) in [7, 11) is 0. The molecule has 2 aromatic carbocycles. The topological polar surface area (TPSA) is 42.8 Å². The van der Waals surface area contributed by atoms with Crippen molar-refractivity contribution >= 4 is 33.7 Å². The van der Waals surface area contributed by atoms with Crippen molar-refractivity contribution in [1.82, 2.24) is 5.43 Å². The summed E-state index contributed by atoms with van der Waals surface area (Å²) in [5.41, 5.74) is 1.35. The van der Waals surface area contributed by atoms with Crippen LogP contribution in [-0.4, -0.2) is 31.0 Å². The summed E-state index contributed by atoms with van der Waals surface area (Å²) in [4.78, 5) is 0. The van der Waals surface area contributed by atoms with E-state index < -0.39 is 18.1 Å². The highest BCUT2D eigenvalue weighted by molar-refractivity contribution is 9.10. The molecule has 0 unspecified atom stereocenters. The molecule has 2 rings (SSSR count). The van der Waals surface area contributed by atoms with Crippen LogP contribution < -0.4 is 14.9 Å². The molecule has 2 aromatic rings. The third kappa shape index (κ3) is 6.18. The highest BCUT2D eigenvalue weighted by Gasteiger charge is 2.73. The van der Waals surface area contributed by atoms with E-state index in [1.165, 1.54) is 12.1 Å². The van der Waals surface area contributed by atoms with Gasteiger partial charge in [-0.25, -0.2) is 5.43 Å². The van der Waals surface area contributed by atoms with E-state index in [1.807, 2.05) is 0 Å². The molecule has 176 valence electrons. The van der Waals surface area contributed by atoms with Crippen molar-refractivity contribution in [3.63, 3.8) is 0 Å². The summed E-state index contributed by atoms with van der Waals surface area (Å²) in [5, 5.41) is 3.33. The minimum Gasteiger partial charge on any atom is -0.490 e. The van der Waals surface area contributed by atoms with Crippen LogP contribution in [0, 0.1) is 0 Å². The van der Waals surface area contributed by atoms with Crippen LogP contribution in [0.3, 0.4) is 0 Å². The Kier molecular flexibility index (Phi) is 8.27. The first-order valence-corrected chi connectivity index (χ1v) is 9.91. The molecule has 0 amide bonds. The van der Waals surface area contributed by atoms with Crippen molar-refractivity contribution in [1.29, 1.82) is 0 Å². The molecular formula is C19H15BrClF7N2O2. The standard InChI is InChI=1S/C19H15BrClF7N2O2/c1-2-31-15-8-12(9-29-30-19(27,28)17(22,23)18(24,25)26)7-14(20)16(15)32-10-11-4-3-5-13(21)6-11/h3-9,30H,2,10H2,1H3/b29-9-. The van der Waals surface area contributed by atoms with E-state index in [1.54, 1.807) is 31.2 Å². The summed E-state index contributed by atoms with van der Waals surface area (Å²) < 4.78 is 100. The molecule has 0 fully saturated rings.